The van der Waals surface area contributed by atoms with E-state index in [0.717, 1.165) is 17.7 Å². The molecule has 29 heavy (non-hydrogen) atoms. The van der Waals surface area contributed by atoms with Crippen LogP contribution in [0.2, 0.25) is 0 Å². The summed E-state index contributed by atoms with van der Waals surface area (Å²) in [5.74, 6) is 0.640. The molecule has 2 aromatic rings. The highest BCUT2D eigenvalue weighted by Gasteiger charge is 2.49. The molecule has 0 unspecified atom stereocenters. The number of aliphatic hydroxyl groups is 1. The summed E-state index contributed by atoms with van der Waals surface area (Å²) in [5.41, 5.74) is 7.94. The van der Waals surface area contributed by atoms with Gasteiger partial charge in [0, 0.05) is 36.7 Å². The summed E-state index contributed by atoms with van der Waals surface area (Å²) in [7, 11) is -3.32. The molecule has 0 atom stereocenters. The number of hydrogen-bond acceptors (Lipinski definition) is 7. The van der Waals surface area contributed by atoms with Crippen LogP contribution in [0.25, 0.3) is 11.4 Å². The first-order valence-electron chi connectivity index (χ1n) is 9.36. The van der Waals surface area contributed by atoms with Gasteiger partial charge in [0.2, 0.25) is 0 Å². The van der Waals surface area contributed by atoms with E-state index < -0.39 is 14.6 Å². The van der Waals surface area contributed by atoms with Crippen LogP contribution in [-0.2, 0) is 14.6 Å². The molecule has 5 N–H and O–H groups in total. The Bertz CT molecular complexity index is 989. The predicted molar refractivity (Wildman–Crippen MR) is 118 cm³/mol. The van der Waals surface area contributed by atoms with Crippen LogP contribution in [0.1, 0.15) is 31.4 Å². The quantitative estimate of drug-likeness (QED) is 0.380. The van der Waals surface area contributed by atoms with Gasteiger partial charge in [0.25, 0.3) is 0 Å². The SMILES string of the molecule is CS(=O)(=O)C1(c2cc(N)nc(-c3ccc(NC(=S)NCCCO)cc3)n2)CCC1. The minimum Gasteiger partial charge on any atom is -0.396 e. The number of rotatable bonds is 7. The summed E-state index contributed by atoms with van der Waals surface area (Å²) < 4.78 is 23.8. The number of sulfone groups is 1. The maximum absolute atomic E-state index is 12.4. The fraction of sp³-hybridized carbons (Fsp3) is 0.421. The van der Waals surface area contributed by atoms with Crippen LogP contribution in [-0.4, -0.2) is 48.0 Å². The van der Waals surface area contributed by atoms with E-state index in [1.54, 1.807) is 6.07 Å². The molecule has 1 aliphatic rings. The average Bonchev–Trinajstić information content (AvgIpc) is 2.60. The summed E-state index contributed by atoms with van der Waals surface area (Å²) >= 11 is 5.20. The minimum absolute atomic E-state index is 0.104. The van der Waals surface area contributed by atoms with E-state index in [-0.39, 0.29) is 12.4 Å². The van der Waals surface area contributed by atoms with Crippen molar-refractivity contribution in [1.82, 2.24) is 15.3 Å². The maximum Gasteiger partial charge on any atom is 0.170 e. The number of nitrogens with zero attached hydrogens (tertiary/aromatic N) is 2. The fourth-order valence-corrected chi connectivity index (χ4v) is 5.04. The molecule has 1 saturated carbocycles. The van der Waals surface area contributed by atoms with Crippen LogP contribution in [0.15, 0.2) is 30.3 Å². The van der Waals surface area contributed by atoms with E-state index in [1.165, 1.54) is 6.26 Å². The lowest BCUT2D eigenvalue weighted by Crippen LogP contribution is -2.42. The summed E-state index contributed by atoms with van der Waals surface area (Å²) in [6, 6.07) is 8.88. The van der Waals surface area contributed by atoms with Crippen LogP contribution in [0.4, 0.5) is 11.5 Å². The Morgan fingerprint density at radius 1 is 1.28 bits per heavy atom. The van der Waals surface area contributed by atoms with Crippen molar-refractivity contribution in [1.29, 1.82) is 0 Å². The Labute approximate surface area is 175 Å². The number of nitrogens with one attached hydrogen (secondary N) is 2. The lowest BCUT2D eigenvalue weighted by atomic mass is 9.81. The van der Waals surface area contributed by atoms with Crippen molar-refractivity contribution >= 4 is 38.7 Å². The maximum atomic E-state index is 12.4. The summed E-state index contributed by atoms with van der Waals surface area (Å²) in [5, 5.41) is 15.3. The van der Waals surface area contributed by atoms with Crippen molar-refractivity contribution in [2.75, 3.05) is 30.5 Å². The lowest BCUT2D eigenvalue weighted by molar-refractivity contribution is 0.289. The van der Waals surface area contributed by atoms with Gasteiger partial charge in [-0.1, -0.05) is 0 Å². The topological polar surface area (TPSA) is 130 Å². The fourth-order valence-electron chi connectivity index (χ4n) is 3.30. The first-order chi connectivity index (χ1) is 13.7. The second-order valence-corrected chi connectivity index (χ2v) is 9.89. The van der Waals surface area contributed by atoms with Gasteiger partial charge in [0.15, 0.2) is 20.8 Å². The number of anilines is 2. The van der Waals surface area contributed by atoms with E-state index in [0.29, 0.717) is 42.4 Å². The first-order valence-corrected chi connectivity index (χ1v) is 11.7. The normalized spacial score (nSPS) is 15.4. The van der Waals surface area contributed by atoms with Gasteiger partial charge in [0.1, 0.15) is 10.6 Å². The van der Waals surface area contributed by atoms with Crippen LogP contribution in [0.3, 0.4) is 0 Å². The Balaban J connectivity index is 1.81. The standard InChI is InChI=1S/C19H25N5O3S2/c1-29(26,27)19(8-2-9-19)15-12-16(20)24-17(23-15)13-4-6-14(7-5-13)22-18(28)21-10-3-11-25/h4-7,12,25H,2-3,8-11H2,1H3,(H2,20,23,24)(H2,21,22,28). The third kappa shape index (κ3) is 4.65. The predicted octanol–water partition coefficient (Wildman–Crippen LogP) is 1.82. The van der Waals surface area contributed by atoms with Crippen molar-refractivity contribution in [3.8, 4) is 11.4 Å². The number of nitrogens with two attached hydrogens (primary N) is 1. The van der Waals surface area contributed by atoms with E-state index >= 15 is 0 Å². The number of thiocarbonyl (C=S) groups is 1. The number of aromatic nitrogens is 2. The molecule has 3 rings (SSSR count). The lowest BCUT2D eigenvalue weighted by Gasteiger charge is -2.39. The van der Waals surface area contributed by atoms with Crippen LogP contribution in [0.5, 0.6) is 0 Å². The number of hydrogen-bond donors (Lipinski definition) is 4. The largest absolute Gasteiger partial charge is 0.396 e. The Kier molecular flexibility index (Phi) is 6.35. The summed E-state index contributed by atoms with van der Waals surface area (Å²) in [6.07, 6.45) is 3.81. The van der Waals surface area contributed by atoms with Gasteiger partial charge in [-0.3, -0.25) is 0 Å². The van der Waals surface area contributed by atoms with Gasteiger partial charge in [-0.15, -0.1) is 0 Å². The molecule has 0 bridgehead atoms. The highest BCUT2D eigenvalue weighted by Crippen LogP contribution is 2.47. The smallest absolute Gasteiger partial charge is 0.170 e. The molecule has 1 aliphatic carbocycles. The van der Waals surface area contributed by atoms with Gasteiger partial charge < -0.3 is 21.5 Å². The molecular weight excluding hydrogens is 410 g/mol. The monoisotopic (exact) mass is 435 g/mol. The summed E-state index contributed by atoms with van der Waals surface area (Å²) in [4.78, 5) is 8.84. The van der Waals surface area contributed by atoms with Crippen LogP contribution >= 0.6 is 12.2 Å². The number of nitrogen functional groups attached to an aromatic ring is 1. The average molecular weight is 436 g/mol. The van der Waals surface area contributed by atoms with Gasteiger partial charge in [-0.25, -0.2) is 18.4 Å². The van der Waals surface area contributed by atoms with Crippen molar-refractivity contribution in [3.05, 3.63) is 36.0 Å². The molecule has 0 radical (unpaired) electrons. The first kappa shape index (κ1) is 21.4. The zero-order valence-corrected chi connectivity index (χ0v) is 17.8. The summed E-state index contributed by atoms with van der Waals surface area (Å²) in [6.45, 7) is 0.690. The third-order valence-corrected chi connectivity index (χ3v) is 7.39. The van der Waals surface area contributed by atoms with Gasteiger partial charge in [0.05, 0.1) is 5.69 Å². The second-order valence-electron chi connectivity index (χ2n) is 7.16. The molecule has 10 heteroatoms. The Morgan fingerprint density at radius 3 is 2.52 bits per heavy atom. The van der Waals surface area contributed by atoms with Crippen molar-refractivity contribution in [2.24, 2.45) is 0 Å². The Morgan fingerprint density at radius 2 is 1.97 bits per heavy atom. The van der Waals surface area contributed by atoms with Crippen LogP contribution < -0.4 is 16.4 Å². The zero-order chi connectivity index (χ0) is 21.1. The van der Waals surface area contributed by atoms with Crippen molar-refractivity contribution < 1.29 is 13.5 Å². The minimum atomic E-state index is -3.32. The molecule has 0 amide bonds. The molecule has 1 aromatic carbocycles. The molecule has 1 aromatic heterocycles. The molecule has 0 aliphatic heterocycles. The van der Waals surface area contributed by atoms with E-state index in [9.17, 15) is 8.42 Å². The van der Waals surface area contributed by atoms with E-state index in [1.807, 2.05) is 24.3 Å². The van der Waals surface area contributed by atoms with Crippen molar-refractivity contribution in [2.45, 2.75) is 30.4 Å². The van der Waals surface area contributed by atoms with Gasteiger partial charge >= 0.3 is 0 Å². The van der Waals surface area contributed by atoms with Gasteiger partial charge in [-0.2, -0.15) is 0 Å². The number of aliphatic hydroxyl groups excluding tert-OH is 1. The molecule has 0 saturated heterocycles. The molecule has 1 heterocycles. The third-order valence-electron chi connectivity index (χ3n) is 5.11. The molecule has 0 spiro atoms. The molecule has 1 fully saturated rings. The molecular formula is C19H25N5O3S2. The van der Waals surface area contributed by atoms with Gasteiger partial charge in [-0.05, 0) is 62.2 Å². The zero-order valence-electron chi connectivity index (χ0n) is 16.2. The van der Waals surface area contributed by atoms with E-state index in [2.05, 4.69) is 20.6 Å². The molecule has 156 valence electrons. The Hall–Kier alpha value is -2.30. The highest BCUT2D eigenvalue weighted by molar-refractivity contribution is 7.91. The van der Waals surface area contributed by atoms with Crippen LogP contribution in [0, 0.1) is 0 Å². The molecule has 8 nitrogen and oxygen atoms in total. The van der Waals surface area contributed by atoms with Crippen molar-refractivity contribution in [3.63, 3.8) is 0 Å². The second kappa shape index (κ2) is 8.60. The number of benzene rings is 1. The van der Waals surface area contributed by atoms with E-state index in [4.69, 9.17) is 23.1 Å². The highest BCUT2D eigenvalue weighted by atomic mass is 32.2.